The number of thioether (sulfide) groups is 1. The van der Waals surface area contributed by atoms with Crippen LogP contribution in [0.5, 0.6) is 0 Å². The molecule has 4 rings (SSSR count). The number of hydrogen-bond donors (Lipinski definition) is 0. The van der Waals surface area contributed by atoms with Crippen molar-refractivity contribution < 1.29 is 0 Å². The van der Waals surface area contributed by atoms with Crippen LogP contribution in [0.25, 0.3) is 5.69 Å². The summed E-state index contributed by atoms with van der Waals surface area (Å²) in [6.45, 7) is 2.04. The maximum atomic E-state index is 6.22. The Kier molecular flexibility index (Phi) is 3.47. The van der Waals surface area contributed by atoms with Gasteiger partial charge in [0.2, 0.25) is 0 Å². The second-order valence-corrected chi connectivity index (χ2v) is 7.18. The number of nitrogens with zero attached hydrogens (tertiary/aromatic N) is 2. The molecule has 2 nitrogen and oxygen atoms in total. The van der Waals surface area contributed by atoms with Gasteiger partial charge in [-0.15, -0.1) is 11.8 Å². The van der Waals surface area contributed by atoms with Crippen molar-refractivity contribution in [1.29, 1.82) is 0 Å². The highest BCUT2D eigenvalue weighted by molar-refractivity contribution is 7.99. The Bertz CT molecular complexity index is 826. The van der Waals surface area contributed by atoms with Crippen LogP contribution in [0.3, 0.4) is 0 Å². The summed E-state index contributed by atoms with van der Waals surface area (Å²) in [6, 6.07) is 16.7. The second kappa shape index (κ2) is 5.49. The van der Waals surface area contributed by atoms with Crippen molar-refractivity contribution >= 4 is 23.4 Å². The molecule has 0 spiro atoms. The zero-order valence-electron chi connectivity index (χ0n) is 12.2. The van der Waals surface area contributed by atoms with E-state index in [0.29, 0.717) is 5.25 Å². The lowest BCUT2D eigenvalue weighted by Gasteiger charge is -2.14. The molecule has 2 aromatic carbocycles. The Labute approximate surface area is 139 Å². The van der Waals surface area contributed by atoms with E-state index >= 15 is 0 Å². The second-order valence-electron chi connectivity index (χ2n) is 5.50. The average molecular weight is 327 g/mol. The van der Waals surface area contributed by atoms with E-state index in [1.807, 2.05) is 24.8 Å². The molecule has 0 N–H and O–H groups in total. The van der Waals surface area contributed by atoms with Crippen LogP contribution in [-0.2, 0) is 6.42 Å². The number of rotatable bonds is 1. The normalized spacial score (nSPS) is 16.7. The third-order valence-corrected chi connectivity index (χ3v) is 5.43. The summed E-state index contributed by atoms with van der Waals surface area (Å²) >= 11 is 8.08. The van der Waals surface area contributed by atoms with Gasteiger partial charge in [0.15, 0.2) is 0 Å². The molecule has 4 heteroatoms. The number of imidazole rings is 1. The van der Waals surface area contributed by atoms with E-state index < -0.39 is 0 Å². The Morgan fingerprint density at radius 3 is 2.82 bits per heavy atom. The van der Waals surface area contributed by atoms with Crippen LogP contribution in [-0.4, -0.2) is 9.55 Å². The molecule has 1 unspecified atom stereocenters. The molecule has 0 saturated heterocycles. The van der Waals surface area contributed by atoms with E-state index in [4.69, 9.17) is 16.6 Å². The van der Waals surface area contributed by atoms with Crippen LogP contribution in [0, 0.1) is 6.92 Å². The van der Waals surface area contributed by atoms with Gasteiger partial charge in [0, 0.05) is 27.8 Å². The Balaban J connectivity index is 1.88. The van der Waals surface area contributed by atoms with Crippen LogP contribution in [0.4, 0.5) is 0 Å². The minimum absolute atomic E-state index is 0.349. The summed E-state index contributed by atoms with van der Waals surface area (Å²) in [5.74, 6) is 1.11. The van der Waals surface area contributed by atoms with Gasteiger partial charge in [0.1, 0.15) is 5.82 Å². The predicted molar refractivity (Wildman–Crippen MR) is 92.1 cm³/mol. The molecule has 0 saturated carbocycles. The quantitative estimate of drug-likeness (QED) is 0.610. The minimum atomic E-state index is 0.349. The number of aryl methyl sites for hydroxylation is 1. The first-order valence-electron chi connectivity index (χ1n) is 7.27. The van der Waals surface area contributed by atoms with Crippen LogP contribution < -0.4 is 0 Å². The highest BCUT2D eigenvalue weighted by Crippen LogP contribution is 2.44. The molecule has 1 aliphatic rings. The van der Waals surface area contributed by atoms with Gasteiger partial charge in [-0.05, 0) is 30.7 Å². The van der Waals surface area contributed by atoms with Crippen LogP contribution in [0.15, 0.2) is 59.6 Å². The fraction of sp³-hybridized carbons (Fsp3) is 0.167. The molecule has 1 atom stereocenters. The van der Waals surface area contributed by atoms with Crippen molar-refractivity contribution in [2.45, 2.75) is 23.5 Å². The smallest absolute Gasteiger partial charge is 0.115 e. The lowest BCUT2D eigenvalue weighted by Crippen LogP contribution is -2.02. The van der Waals surface area contributed by atoms with E-state index in [2.05, 4.69) is 53.2 Å². The summed E-state index contributed by atoms with van der Waals surface area (Å²) in [5, 5.41) is 1.12. The summed E-state index contributed by atoms with van der Waals surface area (Å²) in [7, 11) is 0. The van der Waals surface area contributed by atoms with Crippen molar-refractivity contribution in [3.8, 4) is 5.69 Å². The molecule has 1 aliphatic heterocycles. The molecule has 0 aliphatic carbocycles. The molecule has 0 fully saturated rings. The third kappa shape index (κ3) is 2.44. The Morgan fingerprint density at radius 1 is 1.18 bits per heavy atom. The molecule has 1 aromatic heterocycles. The lowest BCUT2D eigenvalue weighted by molar-refractivity contribution is 0.822. The average Bonchev–Trinajstić information content (AvgIpc) is 2.81. The third-order valence-electron chi connectivity index (χ3n) is 3.89. The molecular weight excluding hydrogens is 312 g/mol. The molecule has 22 heavy (non-hydrogen) atoms. The molecule has 0 radical (unpaired) electrons. The molecule has 0 bridgehead atoms. The number of benzene rings is 2. The summed E-state index contributed by atoms with van der Waals surface area (Å²) in [4.78, 5) is 5.93. The number of halogens is 1. The highest BCUT2D eigenvalue weighted by Gasteiger charge is 2.24. The first-order valence-corrected chi connectivity index (χ1v) is 8.53. The van der Waals surface area contributed by atoms with Crippen LogP contribution in [0.1, 0.15) is 22.3 Å². The number of fused-ring (bicyclic) bond motifs is 3. The van der Waals surface area contributed by atoms with Crippen molar-refractivity contribution in [3.63, 3.8) is 0 Å². The van der Waals surface area contributed by atoms with Gasteiger partial charge >= 0.3 is 0 Å². The highest BCUT2D eigenvalue weighted by atomic mass is 35.5. The van der Waals surface area contributed by atoms with Gasteiger partial charge < -0.3 is 4.57 Å². The van der Waals surface area contributed by atoms with Crippen LogP contribution >= 0.6 is 23.4 Å². The molecule has 2 heterocycles. The van der Waals surface area contributed by atoms with Gasteiger partial charge in [0.25, 0.3) is 0 Å². The van der Waals surface area contributed by atoms with E-state index in [1.54, 1.807) is 0 Å². The van der Waals surface area contributed by atoms with Crippen molar-refractivity contribution in [1.82, 2.24) is 9.55 Å². The predicted octanol–water partition coefficient (Wildman–Crippen LogP) is 5.22. The first kappa shape index (κ1) is 13.9. The fourth-order valence-electron chi connectivity index (χ4n) is 2.90. The van der Waals surface area contributed by atoms with Gasteiger partial charge in [0.05, 0.1) is 11.4 Å². The molecule has 0 amide bonds. The van der Waals surface area contributed by atoms with Gasteiger partial charge in [-0.2, -0.15) is 0 Å². The van der Waals surface area contributed by atoms with E-state index in [9.17, 15) is 0 Å². The SMILES string of the molecule is Cc1cn2c(n1)CC(c1ccccc1)Sc1cc(Cl)ccc1-2. The van der Waals surface area contributed by atoms with Crippen LogP contribution in [0.2, 0.25) is 5.02 Å². The van der Waals surface area contributed by atoms with Crippen molar-refractivity contribution in [2.75, 3.05) is 0 Å². The van der Waals surface area contributed by atoms with E-state index in [0.717, 1.165) is 23.0 Å². The Hall–Kier alpha value is -1.71. The number of hydrogen-bond acceptors (Lipinski definition) is 2. The zero-order valence-corrected chi connectivity index (χ0v) is 13.7. The first-order chi connectivity index (χ1) is 10.7. The summed E-state index contributed by atoms with van der Waals surface area (Å²) in [6.07, 6.45) is 3.02. The Morgan fingerprint density at radius 2 is 2.00 bits per heavy atom. The van der Waals surface area contributed by atoms with Gasteiger partial charge in [-0.1, -0.05) is 41.9 Å². The standard InChI is InChI=1S/C18H15ClN2S/c1-12-11-21-15-8-7-14(19)9-17(15)22-16(10-18(21)20-12)13-5-3-2-4-6-13/h2-9,11,16H,10H2,1H3. The lowest BCUT2D eigenvalue weighted by atomic mass is 10.1. The van der Waals surface area contributed by atoms with Gasteiger partial charge in [-0.3, -0.25) is 0 Å². The van der Waals surface area contributed by atoms with E-state index in [-0.39, 0.29) is 0 Å². The number of aromatic nitrogens is 2. The maximum absolute atomic E-state index is 6.22. The molecule has 110 valence electrons. The topological polar surface area (TPSA) is 17.8 Å². The minimum Gasteiger partial charge on any atom is -0.302 e. The fourth-order valence-corrected chi connectivity index (χ4v) is 4.45. The summed E-state index contributed by atoms with van der Waals surface area (Å²) < 4.78 is 2.21. The van der Waals surface area contributed by atoms with E-state index in [1.165, 1.54) is 16.1 Å². The van der Waals surface area contributed by atoms with Crippen molar-refractivity contribution in [3.05, 3.63) is 76.8 Å². The van der Waals surface area contributed by atoms with Crippen molar-refractivity contribution in [2.24, 2.45) is 0 Å². The maximum Gasteiger partial charge on any atom is 0.115 e. The van der Waals surface area contributed by atoms with Gasteiger partial charge in [-0.25, -0.2) is 4.98 Å². The summed E-state index contributed by atoms with van der Waals surface area (Å²) in [5.41, 5.74) is 3.55. The molecule has 3 aromatic rings. The zero-order chi connectivity index (χ0) is 15.1. The monoisotopic (exact) mass is 326 g/mol. The molecular formula is C18H15ClN2S. The largest absolute Gasteiger partial charge is 0.302 e.